The minimum absolute atomic E-state index is 0.132. The number of carbonyl (C=O) groups is 2. The molecule has 1 heterocycles. The topological polar surface area (TPSA) is 55.8 Å². The number of benzene rings is 1. The molecular formula is C17H23NO4. The van der Waals surface area contributed by atoms with Crippen LogP contribution in [0.15, 0.2) is 30.3 Å². The quantitative estimate of drug-likeness (QED) is 0.802. The van der Waals surface area contributed by atoms with E-state index in [1.165, 1.54) is 0 Å². The first kappa shape index (κ1) is 16.3. The standard InChI is InChI=1S/C17H23NO4/c1-13(2)22-16(19)15-9-6-10-18(11-15)17(20)21-12-14-7-4-3-5-8-14/h3-5,7-8,13,15H,6,9-12H2,1-2H3. The van der Waals surface area contributed by atoms with Crippen LogP contribution in [0.4, 0.5) is 4.79 Å². The summed E-state index contributed by atoms with van der Waals surface area (Å²) in [5.74, 6) is -0.476. The van der Waals surface area contributed by atoms with Gasteiger partial charge in [-0.05, 0) is 32.3 Å². The number of hydrogen-bond acceptors (Lipinski definition) is 4. The molecule has 2 rings (SSSR count). The normalized spacial score (nSPS) is 18.1. The summed E-state index contributed by atoms with van der Waals surface area (Å²) in [6.07, 6.45) is 1.05. The molecule has 1 aromatic rings. The van der Waals surface area contributed by atoms with Gasteiger partial charge in [0, 0.05) is 13.1 Å². The number of piperidine rings is 1. The van der Waals surface area contributed by atoms with Gasteiger partial charge in [0.05, 0.1) is 12.0 Å². The number of carbonyl (C=O) groups excluding carboxylic acids is 2. The molecular weight excluding hydrogens is 282 g/mol. The van der Waals surface area contributed by atoms with Gasteiger partial charge in [0.2, 0.25) is 0 Å². The van der Waals surface area contributed by atoms with Gasteiger partial charge >= 0.3 is 12.1 Å². The molecule has 1 atom stereocenters. The molecule has 0 N–H and O–H groups in total. The van der Waals surface area contributed by atoms with Crippen LogP contribution in [-0.2, 0) is 20.9 Å². The van der Waals surface area contributed by atoms with Gasteiger partial charge < -0.3 is 14.4 Å². The number of ether oxygens (including phenoxy) is 2. The Bertz CT molecular complexity index is 501. The summed E-state index contributed by atoms with van der Waals surface area (Å²) in [5, 5.41) is 0. The summed E-state index contributed by atoms with van der Waals surface area (Å²) in [4.78, 5) is 25.7. The number of likely N-dealkylation sites (tertiary alicyclic amines) is 1. The Morgan fingerprint density at radius 3 is 2.68 bits per heavy atom. The van der Waals surface area contributed by atoms with Gasteiger partial charge in [-0.15, -0.1) is 0 Å². The van der Waals surface area contributed by atoms with E-state index in [0.717, 1.165) is 18.4 Å². The smallest absolute Gasteiger partial charge is 0.410 e. The molecule has 1 aliphatic heterocycles. The van der Waals surface area contributed by atoms with E-state index in [1.807, 2.05) is 44.2 Å². The maximum atomic E-state index is 12.1. The lowest BCUT2D eigenvalue weighted by atomic mass is 9.98. The van der Waals surface area contributed by atoms with E-state index in [2.05, 4.69) is 0 Å². The molecule has 0 aliphatic carbocycles. The molecule has 5 nitrogen and oxygen atoms in total. The second-order valence-corrected chi connectivity index (χ2v) is 5.81. The van der Waals surface area contributed by atoms with Crippen molar-refractivity contribution in [3.8, 4) is 0 Å². The van der Waals surface area contributed by atoms with Crippen LogP contribution in [0.2, 0.25) is 0 Å². The van der Waals surface area contributed by atoms with Crippen molar-refractivity contribution in [1.29, 1.82) is 0 Å². The first-order chi connectivity index (χ1) is 10.6. The highest BCUT2D eigenvalue weighted by atomic mass is 16.6. The van der Waals surface area contributed by atoms with Crippen molar-refractivity contribution in [3.05, 3.63) is 35.9 Å². The molecule has 1 aromatic carbocycles. The third kappa shape index (κ3) is 4.76. The predicted molar refractivity (Wildman–Crippen MR) is 82.2 cm³/mol. The number of rotatable bonds is 4. The van der Waals surface area contributed by atoms with E-state index in [9.17, 15) is 9.59 Å². The Labute approximate surface area is 131 Å². The lowest BCUT2D eigenvalue weighted by Gasteiger charge is -2.31. The fourth-order valence-corrected chi connectivity index (χ4v) is 2.47. The number of hydrogen-bond donors (Lipinski definition) is 0. The van der Waals surface area contributed by atoms with Gasteiger partial charge in [-0.25, -0.2) is 4.79 Å². The molecule has 1 amide bonds. The van der Waals surface area contributed by atoms with Gasteiger partial charge in [0.15, 0.2) is 0 Å². The monoisotopic (exact) mass is 305 g/mol. The number of nitrogens with zero attached hydrogens (tertiary/aromatic N) is 1. The van der Waals surface area contributed by atoms with Crippen molar-refractivity contribution in [3.63, 3.8) is 0 Å². The van der Waals surface area contributed by atoms with Crippen molar-refractivity contribution in [2.24, 2.45) is 5.92 Å². The van der Waals surface area contributed by atoms with E-state index in [1.54, 1.807) is 4.90 Å². The Hall–Kier alpha value is -2.04. The van der Waals surface area contributed by atoms with Crippen LogP contribution in [0.5, 0.6) is 0 Å². The van der Waals surface area contributed by atoms with Gasteiger partial charge in [0.1, 0.15) is 6.61 Å². The lowest BCUT2D eigenvalue weighted by Crippen LogP contribution is -2.43. The van der Waals surface area contributed by atoms with Crippen molar-refractivity contribution < 1.29 is 19.1 Å². The molecule has 5 heteroatoms. The second kappa shape index (κ2) is 7.82. The molecule has 0 aromatic heterocycles. The van der Waals surface area contributed by atoms with Crippen LogP contribution in [-0.4, -0.2) is 36.2 Å². The van der Waals surface area contributed by atoms with Crippen molar-refractivity contribution in [2.45, 2.75) is 39.4 Å². The number of amides is 1. The second-order valence-electron chi connectivity index (χ2n) is 5.81. The zero-order valence-corrected chi connectivity index (χ0v) is 13.2. The van der Waals surface area contributed by atoms with Crippen LogP contribution in [0.3, 0.4) is 0 Å². The summed E-state index contributed by atoms with van der Waals surface area (Å²) in [5.41, 5.74) is 0.948. The molecule has 1 saturated heterocycles. The maximum absolute atomic E-state index is 12.1. The highest BCUT2D eigenvalue weighted by molar-refractivity contribution is 5.75. The van der Waals surface area contributed by atoms with Crippen molar-refractivity contribution in [1.82, 2.24) is 4.90 Å². The van der Waals surface area contributed by atoms with Crippen LogP contribution >= 0.6 is 0 Å². The molecule has 0 spiro atoms. The molecule has 120 valence electrons. The van der Waals surface area contributed by atoms with Crippen molar-refractivity contribution >= 4 is 12.1 Å². The van der Waals surface area contributed by atoms with Crippen LogP contribution in [0.1, 0.15) is 32.3 Å². The van der Waals surface area contributed by atoms with Gasteiger partial charge in [0.25, 0.3) is 0 Å². The van der Waals surface area contributed by atoms with Crippen LogP contribution < -0.4 is 0 Å². The third-order valence-electron chi connectivity index (χ3n) is 3.57. The molecule has 0 saturated carbocycles. The molecule has 1 aliphatic rings. The lowest BCUT2D eigenvalue weighted by molar-refractivity contribution is -0.154. The first-order valence-electron chi connectivity index (χ1n) is 7.72. The average molecular weight is 305 g/mol. The van der Waals surface area contributed by atoms with Gasteiger partial charge in [-0.1, -0.05) is 30.3 Å². The minimum atomic E-state index is -0.370. The summed E-state index contributed by atoms with van der Waals surface area (Å²) >= 11 is 0. The Kier molecular flexibility index (Phi) is 5.81. The molecule has 0 radical (unpaired) electrons. The minimum Gasteiger partial charge on any atom is -0.463 e. The Balaban J connectivity index is 1.83. The van der Waals surface area contributed by atoms with E-state index in [0.29, 0.717) is 13.1 Å². The Morgan fingerprint density at radius 2 is 2.00 bits per heavy atom. The van der Waals surface area contributed by atoms with E-state index in [-0.39, 0.29) is 30.7 Å². The Morgan fingerprint density at radius 1 is 1.27 bits per heavy atom. The fourth-order valence-electron chi connectivity index (χ4n) is 2.47. The third-order valence-corrected chi connectivity index (χ3v) is 3.57. The van der Waals surface area contributed by atoms with Crippen LogP contribution in [0, 0.1) is 5.92 Å². The summed E-state index contributed by atoms with van der Waals surface area (Å²) in [6, 6.07) is 9.55. The molecule has 22 heavy (non-hydrogen) atoms. The van der Waals surface area contributed by atoms with Crippen molar-refractivity contribution in [2.75, 3.05) is 13.1 Å². The molecule has 0 bridgehead atoms. The molecule has 1 unspecified atom stereocenters. The first-order valence-corrected chi connectivity index (χ1v) is 7.72. The predicted octanol–water partition coefficient (Wildman–Crippen LogP) is 2.99. The van der Waals surface area contributed by atoms with E-state index < -0.39 is 0 Å². The summed E-state index contributed by atoms with van der Waals surface area (Å²) < 4.78 is 10.5. The zero-order chi connectivity index (χ0) is 15.9. The largest absolute Gasteiger partial charge is 0.463 e. The molecule has 1 fully saturated rings. The van der Waals surface area contributed by atoms with Gasteiger partial charge in [-0.3, -0.25) is 4.79 Å². The average Bonchev–Trinajstić information content (AvgIpc) is 2.53. The highest BCUT2D eigenvalue weighted by Crippen LogP contribution is 2.19. The number of esters is 1. The summed E-state index contributed by atoms with van der Waals surface area (Å²) in [7, 11) is 0. The fraction of sp³-hybridized carbons (Fsp3) is 0.529. The van der Waals surface area contributed by atoms with E-state index in [4.69, 9.17) is 9.47 Å². The summed E-state index contributed by atoms with van der Waals surface area (Å²) in [6.45, 7) is 4.90. The maximum Gasteiger partial charge on any atom is 0.410 e. The SMILES string of the molecule is CC(C)OC(=O)C1CCCN(C(=O)OCc2ccccc2)C1. The van der Waals surface area contributed by atoms with Crippen LogP contribution in [0.25, 0.3) is 0 Å². The zero-order valence-electron chi connectivity index (χ0n) is 13.2. The highest BCUT2D eigenvalue weighted by Gasteiger charge is 2.30. The van der Waals surface area contributed by atoms with Gasteiger partial charge in [-0.2, -0.15) is 0 Å². The van der Waals surface area contributed by atoms with E-state index >= 15 is 0 Å².